The van der Waals surface area contributed by atoms with E-state index in [0.717, 1.165) is 0 Å². The Morgan fingerprint density at radius 2 is 2.24 bits per heavy atom. The number of nitrogens with zero attached hydrogens (tertiary/aromatic N) is 3. The average molecular weight is 340 g/mol. The molecule has 1 aromatic carbocycles. The van der Waals surface area contributed by atoms with Gasteiger partial charge in [0.15, 0.2) is 0 Å². The molecular formula is C18H17FN4O2. The van der Waals surface area contributed by atoms with E-state index in [2.05, 4.69) is 15.4 Å². The molecule has 3 atom stereocenters. The van der Waals surface area contributed by atoms with E-state index in [1.807, 2.05) is 0 Å². The molecular weight excluding hydrogens is 323 g/mol. The molecule has 1 saturated carbocycles. The number of halogens is 1. The highest BCUT2D eigenvalue weighted by molar-refractivity contribution is 5.98. The smallest absolute Gasteiger partial charge is 0.253 e. The fourth-order valence-electron chi connectivity index (χ4n) is 3.29. The lowest BCUT2D eigenvalue weighted by atomic mass is 9.83. The lowest BCUT2D eigenvalue weighted by molar-refractivity contribution is -0.00589. The molecule has 0 spiro atoms. The van der Waals surface area contributed by atoms with Gasteiger partial charge >= 0.3 is 0 Å². The van der Waals surface area contributed by atoms with Crippen molar-refractivity contribution in [3.8, 4) is 0 Å². The van der Waals surface area contributed by atoms with Gasteiger partial charge in [0.25, 0.3) is 5.91 Å². The Balaban J connectivity index is 1.58. The number of aliphatic hydroxyl groups is 1. The summed E-state index contributed by atoms with van der Waals surface area (Å²) in [6.07, 6.45) is 3.34. The van der Waals surface area contributed by atoms with Crippen molar-refractivity contribution in [2.75, 3.05) is 0 Å². The number of rotatable bonds is 3. The van der Waals surface area contributed by atoms with Crippen molar-refractivity contribution < 1.29 is 14.3 Å². The fourth-order valence-corrected chi connectivity index (χ4v) is 3.29. The third-order valence-corrected chi connectivity index (χ3v) is 4.66. The average Bonchev–Trinajstić information content (AvgIpc) is 3.06. The van der Waals surface area contributed by atoms with Crippen LogP contribution in [0.1, 0.15) is 28.5 Å². The van der Waals surface area contributed by atoms with Crippen LogP contribution in [-0.2, 0) is 0 Å². The predicted octanol–water partition coefficient (Wildman–Crippen LogP) is 1.98. The van der Waals surface area contributed by atoms with Crippen LogP contribution in [0.5, 0.6) is 0 Å². The second kappa shape index (κ2) is 5.93. The Morgan fingerprint density at radius 3 is 2.96 bits per heavy atom. The van der Waals surface area contributed by atoms with Crippen LogP contribution < -0.4 is 5.32 Å². The molecule has 0 saturated heterocycles. The third kappa shape index (κ3) is 2.76. The predicted molar refractivity (Wildman–Crippen MR) is 89.6 cm³/mol. The lowest BCUT2D eigenvalue weighted by Gasteiger charge is -2.41. The Hall–Kier alpha value is -2.80. The summed E-state index contributed by atoms with van der Waals surface area (Å²) in [7, 11) is 0. The molecule has 6 nitrogen and oxygen atoms in total. The van der Waals surface area contributed by atoms with Gasteiger partial charge in [0.2, 0.25) is 0 Å². The first-order valence-corrected chi connectivity index (χ1v) is 8.08. The standard InChI is InChI=1S/C18H17FN4O2/c1-10-13(7-11-3-4-12(19)8-14(11)21-10)18(25)22-15-9-16(24)17(15)23-6-2-5-20-23/h2-8,15-17,24H,9H2,1H3,(H,22,25)/t15-,16+,17+/m0/s1. The summed E-state index contributed by atoms with van der Waals surface area (Å²) >= 11 is 0. The van der Waals surface area contributed by atoms with Crippen LogP contribution in [0.2, 0.25) is 0 Å². The van der Waals surface area contributed by atoms with E-state index in [-0.39, 0.29) is 23.8 Å². The summed E-state index contributed by atoms with van der Waals surface area (Å²) in [6.45, 7) is 1.72. The van der Waals surface area contributed by atoms with Gasteiger partial charge < -0.3 is 10.4 Å². The largest absolute Gasteiger partial charge is 0.391 e. The zero-order valence-electron chi connectivity index (χ0n) is 13.6. The van der Waals surface area contributed by atoms with E-state index >= 15 is 0 Å². The Morgan fingerprint density at radius 1 is 1.40 bits per heavy atom. The van der Waals surface area contributed by atoms with Gasteiger partial charge in [-0.05, 0) is 37.6 Å². The van der Waals surface area contributed by atoms with Gasteiger partial charge in [-0.1, -0.05) is 0 Å². The molecule has 4 rings (SSSR count). The van der Waals surface area contributed by atoms with Crippen molar-refractivity contribution in [2.45, 2.75) is 31.5 Å². The number of pyridine rings is 1. The molecule has 0 bridgehead atoms. The Bertz CT molecular complexity index is 942. The molecule has 0 unspecified atom stereocenters. The minimum absolute atomic E-state index is 0.203. The fraction of sp³-hybridized carbons (Fsp3) is 0.278. The zero-order chi connectivity index (χ0) is 17.6. The molecule has 2 heterocycles. The highest BCUT2D eigenvalue weighted by Crippen LogP contribution is 2.32. The van der Waals surface area contributed by atoms with Crippen LogP contribution >= 0.6 is 0 Å². The number of nitrogens with one attached hydrogen (secondary N) is 1. The summed E-state index contributed by atoms with van der Waals surface area (Å²) in [6, 6.07) is 7.31. The van der Waals surface area contributed by atoms with Gasteiger partial charge in [-0.2, -0.15) is 5.10 Å². The molecule has 7 heteroatoms. The van der Waals surface area contributed by atoms with Crippen molar-refractivity contribution in [2.24, 2.45) is 0 Å². The SMILES string of the molecule is Cc1nc2cc(F)ccc2cc1C(=O)N[C@H]1C[C@@H](O)[C@@H]1n1cccn1. The molecule has 2 aromatic heterocycles. The minimum atomic E-state index is -0.538. The summed E-state index contributed by atoms with van der Waals surface area (Å²) in [4.78, 5) is 17.0. The van der Waals surface area contributed by atoms with E-state index < -0.39 is 6.10 Å². The number of amides is 1. The molecule has 1 amide bonds. The van der Waals surface area contributed by atoms with Crippen LogP contribution in [0.3, 0.4) is 0 Å². The van der Waals surface area contributed by atoms with Gasteiger partial charge in [0.05, 0.1) is 35.0 Å². The number of benzene rings is 1. The number of hydrogen-bond donors (Lipinski definition) is 2. The van der Waals surface area contributed by atoms with Crippen molar-refractivity contribution in [1.82, 2.24) is 20.1 Å². The van der Waals surface area contributed by atoms with Crippen molar-refractivity contribution in [3.63, 3.8) is 0 Å². The maximum atomic E-state index is 13.3. The first-order chi connectivity index (χ1) is 12.0. The van der Waals surface area contributed by atoms with E-state index in [4.69, 9.17) is 0 Å². The normalized spacial score (nSPS) is 22.6. The molecule has 1 aliphatic carbocycles. The van der Waals surface area contributed by atoms with Gasteiger partial charge in [0.1, 0.15) is 5.82 Å². The molecule has 128 valence electrons. The van der Waals surface area contributed by atoms with Crippen LogP contribution in [0.25, 0.3) is 10.9 Å². The first-order valence-electron chi connectivity index (χ1n) is 8.08. The molecule has 0 radical (unpaired) electrons. The number of fused-ring (bicyclic) bond motifs is 1. The van der Waals surface area contributed by atoms with Crippen LogP contribution in [-0.4, -0.2) is 37.9 Å². The molecule has 25 heavy (non-hydrogen) atoms. The summed E-state index contributed by atoms with van der Waals surface area (Å²) in [5.74, 6) is -0.618. The minimum Gasteiger partial charge on any atom is -0.391 e. The van der Waals surface area contributed by atoms with Gasteiger partial charge in [-0.15, -0.1) is 0 Å². The third-order valence-electron chi connectivity index (χ3n) is 4.66. The van der Waals surface area contributed by atoms with Crippen LogP contribution in [0, 0.1) is 12.7 Å². The Labute approximate surface area is 143 Å². The maximum absolute atomic E-state index is 13.3. The lowest BCUT2D eigenvalue weighted by Crippen LogP contribution is -2.56. The zero-order valence-corrected chi connectivity index (χ0v) is 13.6. The van der Waals surface area contributed by atoms with E-state index in [1.54, 1.807) is 42.2 Å². The van der Waals surface area contributed by atoms with E-state index in [0.29, 0.717) is 28.6 Å². The van der Waals surface area contributed by atoms with Crippen LogP contribution in [0.4, 0.5) is 4.39 Å². The van der Waals surface area contributed by atoms with Crippen molar-refractivity contribution >= 4 is 16.8 Å². The highest BCUT2D eigenvalue weighted by Gasteiger charge is 2.42. The summed E-state index contributed by atoms with van der Waals surface area (Å²) in [5, 5.41) is 17.8. The molecule has 1 fully saturated rings. The molecule has 2 N–H and O–H groups in total. The first kappa shape index (κ1) is 15.7. The number of carbonyl (C=O) groups is 1. The number of aromatic nitrogens is 3. The van der Waals surface area contributed by atoms with Crippen molar-refractivity contribution in [1.29, 1.82) is 0 Å². The highest BCUT2D eigenvalue weighted by atomic mass is 19.1. The number of aliphatic hydroxyl groups excluding tert-OH is 1. The number of aryl methyl sites for hydroxylation is 1. The summed E-state index contributed by atoms with van der Waals surface area (Å²) < 4.78 is 15.0. The van der Waals surface area contributed by atoms with Gasteiger partial charge in [0, 0.05) is 23.8 Å². The molecule has 3 aromatic rings. The second-order valence-electron chi connectivity index (χ2n) is 6.32. The molecule has 0 aliphatic heterocycles. The van der Waals surface area contributed by atoms with Crippen LogP contribution in [0.15, 0.2) is 42.7 Å². The van der Waals surface area contributed by atoms with Crippen molar-refractivity contribution in [3.05, 3.63) is 59.8 Å². The van der Waals surface area contributed by atoms with Gasteiger partial charge in [-0.25, -0.2) is 4.39 Å². The second-order valence-corrected chi connectivity index (χ2v) is 6.32. The molecule has 1 aliphatic rings. The number of hydrogen-bond acceptors (Lipinski definition) is 4. The maximum Gasteiger partial charge on any atom is 0.253 e. The monoisotopic (exact) mass is 340 g/mol. The Kier molecular flexibility index (Phi) is 3.73. The quantitative estimate of drug-likeness (QED) is 0.764. The van der Waals surface area contributed by atoms with E-state index in [9.17, 15) is 14.3 Å². The number of carbonyl (C=O) groups excluding carboxylic acids is 1. The van der Waals surface area contributed by atoms with E-state index in [1.165, 1.54) is 12.1 Å². The van der Waals surface area contributed by atoms with Gasteiger partial charge in [-0.3, -0.25) is 14.5 Å². The topological polar surface area (TPSA) is 80.0 Å². The summed E-state index contributed by atoms with van der Waals surface area (Å²) in [5.41, 5.74) is 1.49.